The van der Waals surface area contributed by atoms with Crippen LogP contribution < -0.4 is 4.90 Å². The summed E-state index contributed by atoms with van der Waals surface area (Å²) >= 11 is 0. The Labute approximate surface area is 213 Å². The number of amides is 1. The molecule has 0 spiro atoms. The summed E-state index contributed by atoms with van der Waals surface area (Å²) < 4.78 is 3.19. The van der Waals surface area contributed by atoms with Crippen LogP contribution in [0, 0.1) is 13.8 Å². The van der Waals surface area contributed by atoms with E-state index in [2.05, 4.69) is 15.2 Å². The van der Waals surface area contributed by atoms with E-state index in [1.54, 1.807) is 16.8 Å². The van der Waals surface area contributed by atoms with Crippen LogP contribution in [-0.2, 0) is 0 Å². The van der Waals surface area contributed by atoms with Crippen LogP contribution in [0.3, 0.4) is 0 Å². The molecule has 1 N–H and O–H groups in total. The van der Waals surface area contributed by atoms with Gasteiger partial charge in [-0.2, -0.15) is 5.10 Å². The summed E-state index contributed by atoms with van der Waals surface area (Å²) in [5, 5.41) is 19.1. The zero-order valence-corrected chi connectivity index (χ0v) is 21.0. The van der Waals surface area contributed by atoms with Crippen LogP contribution in [0.5, 0.6) is 0 Å². The smallest absolute Gasteiger partial charge is 0.341 e. The van der Waals surface area contributed by atoms with E-state index in [1.807, 2.05) is 82.4 Å². The van der Waals surface area contributed by atoms with Gasteiger partial charge in [0.25, 0.3) is 5.91 Å². The molecule has 5 rings (SSSR count). The SMILES string of the molecule is Cc1ccc(C(=O)N(c2nn(-c3ccc(-c4cc5ncccn5n4)cc3)cc2C(=O)O)C(C)C)c(C)c1. The number of hydrogen-bond acceptors (Lipinski definition) is 5. The molecule has 0 aliphatic carbocycles. The fraction of sp³-hybridized carbons (Fsp3) is 0.179. The number of aromatic carboxylic acids is 1. The Bertz CT molecular complexity index is 1600. The van der Waals surface area contributed by atoms with Crippen molar-refractivity contribution in [1.82, 2.24) is 24.4 Å². The molecule has 186 valence electrons. The number of carboxylic acids is 1. The van der Waals surface area contributed by atoms with Gasteiger partial charge in [0.1, 0.15) is 5.56 Å². The standard InChI is InChI=1S/C28H26N6O3/c1-17(2)34(27(35)22-11-6-18(3)14-19(22)4)26-23(28(36)37)16-33(31-26)21-9-7-20(8-10-21)24-15-25-29-12-5-13-32(25)30-24/h5-17H,1-4H3,(H,36,37). The minimum absolute atomic E-state index is 0.0534. The Morgan fingerprint density at radius 3 is 2.38 bits per heavy atom. The second-order valence-electron chi connectivity index (χ2n) is 9.20. The fourth-order valence-corrected chi connectivity index (χ4v) is 4.34. The molecule has 0 aliphatic rings. The van der Waals surface area contributed by atoms with Crippen molar-refractivity contribution >= 4 is 23.3 Å². The van der Waals surface area contributed by atoms with Gasteiger partial charge in [0.2, 0.25) is 0 Å². The van der Waals surface area contributed by atoms with Gasteiger partial charge in [-0.3, -0.25) is 9.69 Å². The quantitative estimate of drug-likeness (QED) is 0.358. The van der Waals surface area contributed by atoms with Gasteiger partial charge in [0.15, 0.2) is 11.5 Å². The molecule has 0 aliphatic heterocycles. The Hall–Kier alpha value is -4.79. The molecule has 0 radical (unpaired) electrons. The molecule has 0 bridgehead atoms. The van der Waals surface area contributed by atoms with Gasteiger partial charge in [-0.25, -0.2) is 19.0 Å². The number of carboxylic acid groups (broad SMARTS) is 1. The van der Waals surface area contributed by atoms with Crippen molar-refractivity contribution in [1.29, 1.82) is 0 Å². The van der Waals surface area contributed by atoms with E-state index in [9.17, 15) is 14.7 Å². The summed E-state index contributed by atoms with van der Waals surface area (Å²) in [7, 11) is 0. The number of hydrogen-bond donors (Lipinski definition) is 1. The molecule has 3 heterocycles. The van der Waals surface area contributed by atoms with E-state index < -0.39 is 5.97 Å². The van der Waals surface area contributed by atoms with Crippen molar-refractivity contribution in [3.05, 3.63) is 95.4 Å². The highest BCUT2D eigenvalue weighted by Gasteiger charge is 2.29. The molecule has 9 nitrogen and oxygen atoms in total. The first-order valence-corrected chi connectivity index (χ1v) is 11.9. The van der Waals surface area contributed by atoms with Crippen LogP contribution in [-0.4, -0.2) is 47.4 Å². The van der Waals surface area contributed by atoms with Gasteiger partial charge in [0, 0.05) is 41.8 Å². The van der Waals surface area contributed by atoms with E-state index in [1.165, 1.54) is 15.8 Å². The highest BCUT2D eigenvalue weighted by atomic mass is 16.4. The third-order valence-electron chi connectivity index (χ3n) is 6.16. The average Bonchev–Trinajstić information content (AvgIpc) is 3.49. The number of rotatable bonds is 6. The van der Waals surface area contributed by atoms with Gasteiger partial charge in [-0.15, -0.1) is 5.10 Å². The predicted molar refractivity (Wildman–Crippen MR) is 140 cm³/mol. The van der Waals surface area contributed by atoms with Crippen molar-refractivity contribution in [2.24, 2.45) is 0 Å². The molecule has 9 heteroatoms. The number of aryl methyl sites for hydroxylation is 2. The molecule has 2 aromatic carbocycles. The first-order chi connectivity index (χ1) is 17.7. The van der Waals surface area contributed by atoms with E-state index >= 15 is 0 Å². The molecule has 1 amide bonds. The predicted octanol–water partition coefficient (Wildman–Crippen LogP) is 4.95. The molecule has 0 atom stereocenters. The van der Waals surface area contributed by atoms with Crippen molar-refractivity contribution in [2.75, 3.05) is 4.90 Å². The van der Waals surface area contributed by atoms with Crippen LogP contribution in [0.4, 0.5) is 5.82 Å². The molecule has 0 unspecified atom stereocenters. The lowest BCUT2D eigenvalue weighted by atomic mass is 10.0. The van der Waals surface area contributed by atoms with Crippen molar-refractivity contribution in [3.63, 3.8) is 0 Å². The summed E-state index contributed by atoms with van der Waals surface area (Å²) in [6.45, 7) is 7.51. The zero-order chi connectivity index (χ0) is 26.3. The minimum atomic E-state index is -1.16. The summed E-state index contributed by atoms with van der Waals surface area (Å²) in [5.74, 6) is -1.35. The van der Waals surface area contributed by atoms with Gasteiger partial charge in [-0.05, 0) is 57.5 Å². The van der Waals surface area contributed by atoms with Gasteiger partial charge >= 0.3 is 5.97 Å². The van der Waals surface area contributed by atoms with E-state index in [0.29, 0.717) is 11.3 Å². The largest absolute Gasteiger partial charge is 0.477 e. The Morgan fingerprint density at radius 2 is 1.73 bits per heavy atom. The van der Waals surface area contributed by atoms with Crippen LogP contribution in [0.25, 0.3) is 22.6 Å². The summed E-state index contributed by atoms with van der Waals surface area (Å²) in [6.07, 6.45) is 4.98. The lowest BCUT2D eigenvalue weighted by Crippen LogP contribution is -2.38. The number of anilines is 1. The molecular weight excluding hydrogens is 468 g/mol. The number of nitrogens with zero attached hydrogens (tertiary/aromatic N) is 6. The first kappa shape index (κ1) is 23.9. The van der Waals surface area contributed by atoms with E-state index in [0.717, 1.165) is 28.0 Å². The van der Waals surface area contributed by atoms with Crippen molar-refractivity contribution in [2.45, 2.75) is 33.7 Å². The lowest BCUT2D eigenvalue weighted by molar-refractivity contribution is 0.0697. The number of fused-ring (bicyclic) bond motifs is 1. The molecule has 0 fully saturated rings. The molecule has 5 aromatic rings. The molecule has 37 heavy (non-hydrogen) atoms. The van der Waals surface area contributed by atoms with Gasteiger partial charge in [-0.1, -0.05) is 29.8 Å². The second-order valence-corrected chi connectivity index (χ2v) is 9.20. The van der Waals surface area contributed by atoms with Gasteiger partial charge < -0.3 is 5.11 Å². The second kappa shape index (κ2) is 9.34. The van der Waals surface area contributed by atoms with E-state index in [-0.39, 0.29) is 23.3 Å². The molecule has 3 aromatic heterocycles. The zero-order valence-electron chi connectivity index (χ0n) is 21.0. The Kier molecular flexibility index (Phi) is 6.04. The summed E-state index contributed by atoms with van der Waals surface area (Å²) in [6, 6.07) is 16.4. The number of carbonyl (C=O) groups is 2. The number of aromatic nitrogens is 5. The molecular formula is C28H26N6O3. The highest BCUT2D eigenvalue weighted by molar-refractivity contribution is 6.09. The normalized spacial score (nSPS) is 11.3. The van der Waals surface area contributed by atoms with Crippen LogP contribution in [0.15, 0.2) is 73.2 Å². The maximum absolute atomic E-state index is 13.6. The third-order valence-corrected chi connectivity index (χ3v) is 6.16. The monoisotopic (exact) mass is 494 g/mol. The minimum Gasteiger partial charge on any atom is -0.477 e. The maximum Gasteiger partial charge on any atom is 0.341 e. The maximum atomic E-state index is 13.6. The van der Waals surface area contributed by atoms with Crippen LogP contribution >= 0.6 is 0 Å². The molecule has 0 saturated heterocycles. The molecule has 0 saturated carbocycles. The summed E-state index contributed by atoms with van der Waals surface area (Å²) in [4.78, 5) is 31.5. The van der Waals surface area contributed by atoms with Crippen LogP contribution in [0.2, 0.25) is 0 Å². The lowest BCUT2D eigenvalue weighted by Gasteiger charge is -2.26. The third kappa shape index (κ3) is 4.47. The van der Waals surface area contributed by atoms with Crippen molar-refractivity contribution < 1.29 is 14.7 Å². The topological polar surface area (TPSA) is 106 Å². The first-order valence-electron chi connectivity index (χ1n) is 11.9. The van der Waals surface area contributed by atoms with Crippen LogP contribution in [0.1, 0.15) is 45.7 Å². The Balaban J connectivity index is 1.52. The number of benzene rings is 2. The Morgan fingerprint density at radius 1 is 0.973 bits per heavy atom. The average molecular weight is 495 g/mol. The van der Waals surface area contributed by atoms with Gasteiger partial charge in [0.05, 0.1) is 11.4 Å². The number of carbonyl (C=O) groups excluding carboxylic acids is 1. The fourth-order valence-electron chi connectivity index (χ4n) is 4.34. The summed E-state index contributed by atoms with van der Waals surface area (Å²) in [5.41, 5.74) is 5.37. The highest BCUT2D eigenvalue weighted by Crippen LogP contribution is 2.27. The van der Waals surface area contributed by atoms with Crippen molar-refractivity contribution in [3.8, 4) is 16.9 Å². The van der Waals surface area contributed by atoms with E-state index in [4.69, 9.17) is 0 Å².